The van der Waals surface area contributed by atoms with Crippen molar-refractivity contribution in [2.45, 2.75) is 58.9 Å². The summed E-state index contributed by atoms with van der Waals surface area (Å²) in [6, 6.07) is 3.39. The standard InChI is InChI=1S/C24H25F3N6O2/c1-13(2)30-21(34)16-7-15(8-28-9-16)18-6-14(3)19-20(31-18)23(4,5)33(22(19)35)17-10-29-32(11-17)12-24(25,26)27/h6-11,13H,12H2,1-5H3,(H,30,34). The summed E-state index contributed by atoms with van der Waals surface area (Å²) in [7, 11) is 0. The smallest absolute Gasteiger partial charge is 0.350 e. The Hall–Kier alpha value is -3.76. The van der Waals surface area contributed by atoms with Crippen molar-refractivity contribution in [2.75, 3.05) is 4.90 Å². The highest BCUT2D eigenvalue weighted by atomic mass is 19.4. The molecule has 0 saturated heterocycles. The van der Waals surface area contributed by atoms with Gasteiger partial charge in [0, 0.05) is 30.2 Å². The van der Waals surface area contributed by atoms with Crippen LogP contribution in [0, 0.1) is 6.92 Å². The molecule has 8 nitrogen and oxygen atoms in total. The molecule has 0 fully saturated rings. The minimum absolute atomic E-state index is 0.0372. The third-order valence-corrected chi connectivity index (χ3v) is 5.71. The molecule has 0 radical (unpaired) electrons. The lowest BCUT2D eigenvalue weighted by Crippen LogP contribution is -2.39. The Morgan fingerprint density at radius 1 is 1.17 bits per heavy atom. The summed E-state index contributed by atoms with van der Waals surface area (Å²) in [4.78, 5) is 36.1. The Kier molecular flexibility index (Phi) is 5.90. The molecule has 0 spiro atoms. The van der Waals surface area contributed by atoms with Gasteiger partial charge in [0.25, 0.3) is 11.8 Å². The fourth-order valence-electron chi connectivity index (χ4n) is 4.23. The molecule has 0 aromatic carbocycles. The molecule has 184 valence electrons. The first-order valence-corrected chi connectivity index (χ1v) is 11.0. The van der Waals surface area contributed by atoms with E-state index in [1.54, 1.807) is 39.1 Å². The van der Waals surface area contributed by atoms with Gasteiger partial charge in [0.2, 0.25) is 0 Å². The van der Waals surface area contributed by atoms with Gasteiger partial charge in [0.15, 0.2) is 0 Å². The molecule has 4 rings (SSSR count). The van der Waals surface area contributed by atoms with Crippen LogP contribution in [0.25, 0.3) is 11.3 Å². The predicted molar refractivity (Wildman–Crippen MR) is 123 cm³/mol. The topological polar surface area (TPSA) is 93.0 Å². The molecule has 3 aromatic rings. The van der Waals surface area contributed by atoms with Crippen molar-refractivity contribution in [3.05, 3.63) is 59.3 Å². The number of nitrogens with one attached hydrogen (secondary N) is 1. The maximum absolute atomic E-state index is 13.4. The summed E-state index contributed by atoms with van der Waals surface area (Å²) in [5.41, 5.74) is 2.34. The number of alkyl halides is 3. The van der Waals surface area contributed by atoms with E-state index in [1.807, 2.05) is 13.8 Å². The molecule has 0 unspecified atom stereocenters. The van der Waals surface area contributed by atoms with E-state index >= 15 is 0 Å². The molecule has 3 aromatic heterocycles. The molecule has 1 N–H and O–H groups in total. The molecular formula is C24H25F3N6O2. The number of aromatic nitrogens is 4. The van der Waals surface area contributed by atoms with Gasteiger partial charge in [-0.3, -0.25) is 24.2 Å². The Balaban J connectivity index is 1.73. The van der Waals surface area contributed by atoms with Crippen LogP contribution in [0.4, 0.5) is 18.9 Å². The first-order chi connectivity index (χ1) is 16.3. The van der Waals surface area contributed by atoms with Gasteiger partial charge >= 0.3 is 6.18 Å². The van der Waals surface area contributed by atoms with Crippen molar-refractivity contribution in [3.8, 4) is 11.3 Å². The third kappa shape index (κ3) is 4.62. The first-order valence-electron chi connectivity index (χ1n) is 11.0. The summed E-state index contributed by atoms with van der Waals surface area (Å²) < 4.78 is 39.1. The highest BCUT2D eigenvalue weighted by molar-refractivity contribution is 6.12. The number of pyridine rings is 2. The normalized spacial score (nSPS) is 15.0. The van der Waals surface area contributed by atoms with Crippen molar-refractivity contribution in [1.82, 2.24) is 25.1 Å². The molecule has 35 heavy (non-hydrogen) atoms. The number of hydrogen-bond donors (Lipinski definition) is 1. The van der Waals surface area contributed by atoms with Crippen LogP contribution in [-0.4, -0.2) is 43.8 Å². The van der Waals surface area contributed by atoms with Gasteiger partial charge in [-0.05, 0) is 52.3 Å². The van der Waals surface area contributed by atoms with Crippen LogP contribution >= 0.6 is 0 Å². The third-order valence-electron chi connectivity index (χ3n) is 5.71. The van der Waals surface area contributed by atoms with E-state index in [4.69, 9.17) is 4.98 Å². The summed E-state index contributed by atoms with van der Waals surface area (Å²) in [5, 5.41) is 6.60. The number of rotatable bonds is 5. The average Bonchev–Trinajstić information content (AvgIpc) is 3.25. The number of halogens is 3. The molecule has 0 aliphatic carbocycles. The number of hydrogen-bond acceptors (Lipinski definition) is 5. The molecule has 1 aliphatic rings. The summed E-state index contributed by atoms with van der Waals surface area (Å²) >= 11 is 0. The summed E-state index contributed by atoms with van der Waals surface area (Å²) in [6.07, 6.45) is 1.07. The van der Waals surface area contributed by atoms with Gasteiger partial charge in [-0.25, -0.2) is 4.98 Å². The molecule has 1 aliphatic heterocycles. The highest BCUT2D eigenvalue weighted by Crippen LogP contribution is 2.43. The summed E-state index contributed by atoms with van der Waals surface area (Å²) in [6.45, 7) is 7.79. The van der Waals surface area contributed by atoms with Crippen LogP contribution in [0.5, 0.6) is 0 Å². The number of carbonyl (C=O) groups excluding carboxylic acids is 2. The highest BCUT2D eigenvalue weighted by Gasteiger charge is 2.47. The molecule has 4 heterocycles. The molecule has 2 amide bonds. The van der Waals surface area contributed by atoms with Crippen LogP contribution in [0.15, 0.2) is 36.9 Å². The predicted octanol–water partition coefficient (Wildman–Crippen LogP) is 4.24. The van der Waals surface area contributed by atoms with Gasteiger partial charge in [-0.1, -0.05) is 0 Å². The summed E-state index contributed by atoms with van der Waals surface area (Å²) in [5.74, 6) is -0.624. The average molecular weight is 486 g/mol. The molecule has 0 atom stereocenters. The first kappa shape index (κ1) is 24.4. The number of aryl methyl sites for hydroxylation is 1. The zero-order valence-electron chi connectivity index (χ0n) is 19.9. The SMILES string of the molecule is Cc1cc(-c2cncc(C(=O)NC(C)C)c2)nc2c1C(=O)N(c1cnn(CC(F)(F)F)c1)C2(C)C. The fraction of sp³-hybridized carbons (Fsp3) is 0.375. The van der Waals surface area contributed by atoms with Gasteiger partial charge in [0.05, 0.1) is 39.9 Å². The monoisotopic (exact) mass is 486 g/mol. The van der Waals surface area contributed by atoms with E-state index in [0.29, 0.717) is 33.6 Å². The van der Waals surface area contributed by atoms with E-state index in [0.717, 1.165) is 4.68 Å². The van der Waals surface area contributed by atoms with Crippen molar-refractivity contribution in [3.63, 3.8) is 0 Å². The number of carbonyl (C=O) groups is 2. The maximum Gasteiger partial charge on any atom is 0.408 e. The van der Waals surface area contributed by atoms with Gasteiger partial charge in [-0.2, -0.15) is 18.3 Å². The van der Waals surface area contributed by atoms with Gasteiger partial charge in [0.1, 0.15) is 6.54 Å². The maximum atomic E-state index is 13.4. The zero-order chi connectivity index (χ0) is 25.7. The molecule has 0 saturated carbocycles. The lowest BCUT2D eigenvalue weighted by atomic mass is 9.96. The van der Waals surface area contributed by atoms with Crippen molar-refractivity contribution in [1.29, 1.82) is 0 Å². The largest absolute Gasteiger partial charge is 0.408 e. The second-order valence-electron chi connectivity index (χ2n) is 9.35. The van der Waals surface area contributed by atoms with Crippen molar-refractivity contribution in [2.24, 2.45) is 0 Å². The quantitative estimate of drug-likeness (QED) is 0.582. The van der Waals surface area contributed by atoms with Crippen LogP contribution in [0.2, 0.25) is 0 Å². The molecule has 0 bridgehead atoms. The number of amides is 2. The minimum Gasteiger partial charge on any atom is -0.350 e. The Labute approximate surface area is 200 Å². The van der Waals surface area contributed by atoms with Crippen LogP contribution in [0.1, 0.15) is 59.7 Å². The number of nitrogens with zero attached hydrogens (tertiary/aromatic N) is 5. The van der Waals surface area contributed by atoms with Crippen molar-refractivity contribution < 1.29 is 22.8 Å². The molecular weight excluding hydrogens is 461 g/mol. The lowest BCUT2D eigenvalue weighted by Gasteiger charge is -2.30. The fourth-order valence-corrected chi connectivity index (χ4v) is 4.23. The van der Waals surface area contributed by atoms with E-state index in [9.17, 15) is 22.8 Å². The van der Waals surface area contributed by atoms with Crippen molar-refractivity contribution >= 4 is 17.5 Å². The van der Waals surface area contributed by atoms with E-state index < -0.39 is 18.3 Å². The second kappa shape index (κ2) is 8.47. The minimum atomic E-state index is -4.43. The van der Waals surface area contributed by atoms with Gasteiger partial charge < -0.3 is 5.32 Å². The van der Waals surface area contributed by atoms with Gasteiger partial charge in [-0.15, -0.1) is 0 Å². The van der Waals surface area contributed by atoms with E-state index in [2.05, 4.69) is 15.4 Å². The van der Waals surface area contributed by atoms with Crippen LogP contribution < -0.4 is 10.2 Å². The Morgan fingerprint density at radius 3 is 2.54 bits per heavy atom. The number of fused-ring (bicyclic) bond motifs is 1. The van der Waals surface area contributed by atoms with Crippen LogP contribution in [-0.2, 0) is 12.1 Å². The zero-order valence-corrected chi connectivity index (χ0v) is 19.9. The second-order valence-corrected chi connectivity index (χ2v) is 9.35. The van der Waals surface area contributed by atoms with E-state index in [1.165, 1.54) is 23.5 Å². The Bertz CT molecular complexity index is 1310. The number of anilines is 1. The molecule has 11 heteroatoms. The van der Waals surface area contributed by atoms with Crippen LogP contribution in [0.3, 0.4) is 0 Å². The Morgan fingerprint density at radius 2 is 1.89 bits per heavy atom. The lowest BCUT2D eigenvalue weighted by molar-refractivity contribution is -0.142. The van der Waals surface area contributed by atoms with E-state index in [-0.39, 0.29) is 23.5 Å².